The van der Waals surface area contributed by atoms with Gasteiger partial charge in [0.2, 0.25) is 0 Å². The van der Waals surface area contributed by atoms with Crippen LogP contribution in [0.4, 0.5) is 5.69 Å². The van der Waals surface area contributed by atoms with E-state index in [1.54, 1.807) is 13.3 Å². The Balaban J connectivity index is 2.25. The summed E-state index contributed by atoms with van der Waals surface area (Å²) in [7, 11) is 1.66. The average Bonchev–Trinajstić information content (AvgIpc) is 2.38. The largest absolute Gasteiger partial charge is 0.388 e. The van der Waals surface area contributed by atoms with Crippen molar-refractivity contribution in [1.82, 2.24) is 4.98 Å². The van der Waals surface area contributed by atoms with E-state index in [4.69, 9.17) is 27.4 Å². The third-order valence-corrected chi connectivity index (χ3v) is 2.45. The van der Waals surface area contributed by atoms with Gasteiger partial charge in [0.1, 0.15) is 10.7 Å². The fourth-order valence-corrected chi connectivity index (χ4v) is 1.55. The van der Waals surface area contributed by atoms with Crippen LogP contribution in [0.1, 0.15) is 12.1 Å². The topological polar surface area (TPSA) is 69.4 Å². The van der Waals surface area contributed by atoms with E-state index in [0.717, 1.165) is 18.7 Å². The lowest BCUT2D eigenvalue weighted by atomic mass is 10.3. The molecule has 0 saturated carbocycles. The molecule has 0 aliphatic rings. The lowest BCUT2D eigenvalue weighted by molar-refractivity contribution is 0.0705. The van der Waals surface area contributed by atoms with Crippen molar-refractivity contribution in [3.8, 4) is 0 Å². The molecule has 1 aromatic heterocycles. The lowest BCUT2D eigenvalue weighted by Crippen LogP contribution is -2.16. The van der Waals surface area contributed by atoms with Gasteiger partial charge in [-0.05, 0) is 18.6 Å². The predicted octanol–water partition coefficient (Wildman–Crippen LogP) is 1.18. The summed E-state index contributed by atoms with van der Waals surface area (Å²) in [5.74, 6) is 0. The SMILES string of the molecule is COCCOCCCNc1cccnc1C(N)=S. The highest BCUT2D eigenvalue weighted by atomic mass is 32.1. The number of methoxy groups -OCH3 is 1. The second-order valence-electron chi connectivity index (χ2n) is 3.65. The molecule has 0 atom stereocenters. The van der Waals surface area contributed by atoms with E-state index < -0.39 is 0 Å². The molecule has 0 bridgehead atoms. The molecule has 0 amide bonds. The van der Waals surface area contributed by atoms with E-state index in [-0.39, 0.29) is 0 Å². The van der Waals surface area contributed by atoms with Crippen LogP contribution >= 0.6 is 12.2 Å². The van der Waals surface area contributed by atoms with Gasteiger partial charge in [0.05, 0.1) is 18.9 Å². The standard InChI is InChI=1S/C12H19N3O2S/c1-16-8-9-17-7-3-6-14-10-4-2-5-15-11(10)12(13)18/h2,4-5,14H,3,6-9H2,1H3,(H2,13,18). The first-order valence-electron chi connectivity index (χ1n) is 5.81. The first-order valence-corrected chi connectivity index (χ1v) is 6.22. The zero-order chi connectivity index (χ0) is 13.2. The van der Waals surface area contributed by atoms with Crippen LogP contribution < -0.4 is 11.1 Å². The Kier molecular flexibility index (Phi) is 7.24. The Morgan fingerprint density at radius 2 is 2.28 bits per heavy atom. The van der Waals surface area contributed by atoms with Gasteiger partial charge in [-0.3, -0.25) is 4.98 Å². The monoisotopic (exact) mass is 269 g/mol. The normalized spacial score (nSPS) is 10.3. The van der Waals surface area contributed by atoms with Crippen molar-refractivity contribution < 1.29 is 9.47 Å². The van der Waals surface area contributed by atoms with Crippen molar-refractivity contribution in [2.75, 3.05) is 38.8 Å². The van der Waals surface area contributed by atoms with Gasteiger partial charge in [-0.2, -0.15) is 0 Å². The molecule has 6 heteroatoms. The van der Waals surface area contributed by atoms with Crippen molar-refractivity contribution in [2.24, 2.45) is 5.73 Å². The molecule has 0 saturated heterocycles. The van der Waals surface area contributed by atoms with E-state index in [0.29, 0.717) is 30.5 Å². The summed E-state index contributed by atoms with van der Waals surface area (Å²) in [6.07, 6.45) is 2.57. The molecule has 0 aliphatic heterocycles. The number of nitrogens with one attached hydrogen (secondary N) is 1. The molecular formula is C12H19N3O2S. The van der Waals surface area contributed by atoms with Gasteiger partial charge in [-0.25, -0.2) is 0 Å². The quantitative estimate of drug-likeness (QED) is 0.518. The van der Waals surface area contributed by atoms with Gasteiger partial charge >= 0.3 is 0 Å². The van der Waals surface area contributed by atoms with Gasteiger partial charge in [-0.15, -0.1) is 0 Å². The highest BCUT2D eigenvalue weighted by Gasteiger charge is 2.04. The summed E-state index contributed by atoms with van der Waals surface area (Å²) in [4.78, 5) is 4.44. The number of ether oxygens (including phenoxy) is 2. The van der Waals surface area contributed by atoms with Crippen LogP contribution in [0.15, 0.2) is 18.3 Å². The van der Waals surface area contributed by atoms with Gasteiger partial charge < -0.3 is 20.5 Å². The molecule has 0 spiro atoms. The third-order valence-electron chi connectivity index (χ3n) is 2.25. The molecule has 1 heterocycles. The first kappa shape index (κ1) is 14.8. The Bertz CT molecular complexity index is 374. The maximum absolute atomic E-state index is 5.59. The summed E-state index contributed by atoms with van der Waals surface area (Å²) < 4.78 is 10.2. The van der Waals surface area contributed by atoms with Crippen LogP contribution in [-0.2, 0) is 9.47 Å². The zero-order valence-corrected chi connectivity index (χ0v) is 11.3. The fourth-order valence-electron chi connectivity index (χ4n) is 1.39. The molecule has 0 aliphatic carbocycles. The zero-order valence-electron chi connectivity index (χ0n) is 10.5. The summed E-state index contributed by atoms with van der Waals surface area (Å²) in [5, 5.41) is 3.24. The minimum Gasteiger partial charge on any atom is -0.388 e. The lowest BCUT2D eigenvalue weighted by Gasteiger charge is -2.10. The second-order valence-corrected chi connectivity index (χ2v) is 4.09. The first-order chi connectivity index (χ1) is 8.75. The summed E-state index contributed by atoms with van der Waals surface area (Å²) in [6, 6.07) is 3.76. The highest BCUT2D eigenvalue weighted by Crippen LogP contribution is 2.11. The molecule has 5 nitrogen and oxygen atoms in total. The van der Waals surface area contributed by atoms with Gasteiger partial charge in [-0.1, -0.05) is 12.2 Å². The molecule has 0 radical (unpaired) electrons. The third kappa shape index (κ3) is 5.39. The number of nitrogens with zero attached hydrogens (tertiary/aromatic N) is 1. The van der Waals surface area contributed by atoms with Crippen LogP contribution in [0.25, 0.3) is 0 Å². The molecule has 0 unspecified atom stereocenters. The van der Waals surface area contributed by atoms with E-state index in [2.05, 4.69) is 10.3 Å². The maximum atomic E-state index is 5.59. The number of pyridine rings is 1. The minimum absolute atomic E-state index is 0.300. The van der Waals surface area contributed by atoms with Gasteiger partial charge in [0.15, 0.2) is 0 Å². The molecule has 100 valence electrons. The predicted molar refractivity (Wildman–Crippen MR) is 75.9 cm³/mol. The van der Waals surface area contributed by atoms with Crippen molar-refractivity contribution >= 4 is 22.9 Å². The molecule has 1 aromatic rings. The molecule has 1 rings (SSSR count). The number of anilines is 1. The average molecular weight is 269 g/mol. The van der Waals surface area contributed by atoms with Crippen LogP contribution in [0.3, 0.4) is 0 Å². The van der Waals surface area contributed by atoms with Crippen molar-refractivity contribution in [3.63, 3.8) is 0 Å². The number of aromatic nitrogens is 1. The van der Waals surface area contributed by atoms with Crippen LogP contribution in [-0.4, -0.2) is 43.4 Å². The minimum atomic E-state index is 0.300. The number of hydrogen-bond donors (Lipinski definition) is 2. The Hall–Kier alpha value is -1.24. The van der Waals surface area contributed by atoms with Crippen LogP contribution in [0, 0.1) is 0 Å². The molecule has 0 fully saturated rings. The fraction of sp³-hybridized carbons (Fsp3) is 0.500. The number of nitrogens with two attached hydrogens (primary N) is 1. The second kappa shape index (κ2) is 8.79. The van der Waals surface area contributed by atoms with E-state index in [1.807, 2.05) is 12.1 Å². The molecule has 0 aromatic carbocycles. The van der Waals surface area contributed by atoms with Crippen molar-refractivity contribution in [3.05, 3.63) is 24.0 Å². The van der Waals surface area contributed by atoms with Crippen molar-refractivity contribution in [2.45, 2.75) is 6.42 Å². The summed E-state index contributed by atoms with van der Waals surface area (Å²) in [6.45, 7) is 2.73. The molecule has 18 heavy (non-hydrogen) atoms. The summed E-state index contributed by atoms with van der Waals surface area (Å²) in [5.41, 5.74) is 7.09. The Labute approximate surface area is 113 Å². The van der Waals surface area contributed by atoms with Gasteiger partial charge in [0, 0.05) is 26.5 Å². The van der Waals surface area contributed by atoms with E-state index in [9.17, 15) is 0 Å². The Morgan fingerprint density at radius 1 is 1.44 bits per heavy atom. The molecular weight excluding hydrogens is 250 g/mol. The number of thiocarbonyl (C=S) groups is 1. The van der Waals surface area contributed by atoms with E-state index >= 15 is 0 Å². The molecule has 3 N–H and O–H groups in total. The number of hydrogen-bond acceptors (Lipinski definition) is 5. The number of rotatable bonds is 9. The Morgan fingerprint density at radius 3 is 3.00 bits per heavy atom. The van der Waals surface area contributed by atoms with Gasteiger partial charge in [0.25, 0.3) is 0 Å². The summed E-state index contributed by atoms with van der Waals surface area (Å²) >= 11 is 4.94. The highest BCUT2D eigenvalue weighted by molar-refractivity contribution is 7.80. The smallest absolute Gasteiger partial charge is 0.124 e. The van der Waals surface area contributed by atoms with Crippen LogP contribution in [0.2, 0.25) is 0 Å². The van der Waals surface area contributed by atoms with Crippen molar-refractivity contribution in [1.29, 1.82) is 0 Å². The maximum Gasteiger partial charge on any atom is 0.124 e. The van der Waals surface area contributed by atoms with Crippen LogP contribution in [0.5, 0.6) is 0 Å². The van der Waals surface area contributed by atoms with E-state index in [1.165, 1.54) is 0 Å².